The Balaban J connectivity index is 1.92. The van der Waals surface area contributed by atoms with Crippen LogP contribution in [-0.4, -0.2) is 25.3 Å². The lowest BCUT2D eigenvalue weighted by atomic mass is 10.1. The van der Waals surface area contributed by atoms with Crippen molar-refractivity contribution in [3.05, 3.63) is 29.6 Å². The molecule has 0 bridgehead atoms. The molecule has 0 amide bonds. The molecule has 1 fully saturated rings. The molecular formula is C12H13FN4OS. The Bertz CT molecular complexity index is 597. The van der Waals surface area contributed by atoms with Crippen LogP contribution >= 0.6 is 11.8 Å². The van der Waals surface area contributed by atoms with Crippen LogP contribution in [0.25, 0.3) is 0 Å². The van der Waals surface area contributed by atoms with E-state index in [9.17, 15) is 9.50 Å². The molecule has 2 aromatic rings. The summed E-state index contributed by atoms with van der Waals surface area (Å²) in [6.45, 7) is 1.61. The standard InChI is InChI=1S/C12H13FN4OS/c1-7(18)10-6-8(13)2-5-11(10)19-12-14-15-16-17(12)9-3-4-9/h2,5-7,9,18H,3-4H2,1H3/t7-/m1/s1. The summed E-state index contributed by atoms with van der Waals surface area (Å²) in [5, 5.41) is 22.0. The fraction of sp³-hybridized carbons (Fsp3) is 0.417. The van der Waals surface area contributed by atoms with Crippen LogP contribution in [0.1, 0.15) is 37.5 Å². The molecule has 1 aromatic heterocycles. The van der Waals surface area contributed by atoms with Gasteiger partial charge in [-0.15, -0.1) is 5.10 Å². The van der Waals surface area contributed by atoms with Crippen molar-refractivity contribution in [3.8, 4) is 0 Å². The van der Waals surface area contributed by atoms with Crippen LogP contribution in [-0.2, 0) is 0 Å². The van der Waals surface area contributed by atoms with Crippen LogP contribution in [0.15, 0.2) is 28.3 Å². The Morgan fingerprint density at radius 1 is 1.47 bits per heavy atom. The Morgan fingerprint density at radius 3 is 2.95 bits per heavy atom. The quantitative estimate of drug-likeness (QED) is 0.931. The van der Waals surface area contributed by atoms with Gasteiger partial charge in [0, 0.05) is 4.90 Å². The summed E-state index contributed by atoms with van der Waals surface area (Å²) >= 11 is 1.35. The molecule has 1 aliphatic rings. The molecule has 1 heterocycles. The predicted molar refractivity (Wildman–Crippen MR) is 67.2 cm³/mol. The molecule has 0 unspecified atom stereocenters. The number of hydrogen-bond acceptors (Lipinski definition) is 5. The van der Waals surface area contributed by atoms with E-state index in [1.165, 1.54) is 23.9 Å². The van der Waals surface area contributed by atoms with Crippen LogP contribution in [0, 0.1) is 5.82 Å². The molecule has 1 aliphatic carbocycles. The fourth-order valence-corrected chi connectivity index (χ4v) is 2.87. The minimum Gasteiger partial charge on any atom is -0.389 e. The highest BCUT2D eigenvalue weighted by Gasteiger charge is 2.28. The van der Waals surface area contributed by atoms with Gasteiger partial charge < -0.3 is 5.11 Å². The number of halogens is 1. The predicted octanol–water partition coefficient (Wildman–Crippen LogP) is 2.35. The number of rotatable bonds is 4. The van der Waals surface area contributed by atoms with E-state index >= 15 is 0 Å². The van der Waals surface area contributed by atoms with Gasteiger partial charge in [-0.25, -0.2) is 9.07 Å². The lowest BCUT2D eigenvalue weighted by Gasteiger charge is -2.11. The van der Waals surface area contributed by atoms with Gasteiger partial charge >= 0.3 is 0 Å². The molecular weight excluding hydrogens is 267 g/mol. The van der Waals surface area contributed by atoms with Crippen molar-refractivity contribution in [3.63, 3.8) is 0 Å². The van der Waals surface area contributed by atoms with Crippen LogP contribution in [0.5, 0.6) is 0 Å². The molecule has 3 rings (SSSR count). The number of aliphatic hydroxyl groups excluding tert-OH is 1. The van der Waals surface area contributed by atoms with Gasteiger partial charge in [0.1, 0.15) is 5.82 Å². The zero-order valence-electron chi connectivity index (χ0n) is 10.3. The zero-order chi connectivity index (χ0) is 13.4. The maximum absolute atomic E-state index is 13.2. The van der Waals surface area contributed by atoms with Crippen molar-refractivity contribution in [2.45, 2.75) is 42.0 Å². The first-order valence-corrected chi connectivity index (χ1v) is 6.90. The fourth-order valence-electron chi connectivity index (χ4n) is 1.84. The van der Waals surface area contributed by atoms with Crippen LogP contribution < -0.4 is 0 Å². The molecule has 0 saturated heterocycles. The molecule has 1 atom stereocenters. The maximum atomic E-state index is 13.2. The van der Waals surface area contributed by atoms with E-state index in [-0.39, 0.29) is 5.82 Å². The summed E-state index contributed by atoms with van der Waals surface area (Å²) in [7, 11) is 0. The van der Waals surface area contributed by atoms with Crippen molar-refractivity contribution in [2.24, 2.45) is 0 Å². The maximum Gasteiger partial charge on any atom is 0.214 e. The third-order valence-corrected chi connectivity index (χ3v) is 4.02. The average Bonchev–Trinajstić information content (AvgIpc) is 3.12. The van der Waals surface area contributed by atoms with E-state index in [4.69, 9.17) is 0 Å². The summed E-state index contributed by atoms with van der Waals surface area (Å²) in [5.41, 5.74) is 0.551. The van der Waals surface area contributed by atoms with Gasteiger partial charge in [-0.3, -0.25) is 0 Å². The highest BCUT2D eigenvalue weighted by atomic mass is 32.2. The van der Waals surface area contributed by atoms with E-state index in [2.05, 4.69) is 15.5 Å². The first-order valence-electron chi connectivity index (χ1n) is 6.08. The van der Waals surface area contributed by atoms with Gasteiger partial charge in [0.15, 0.2) is 0 Å². The largest absolute Gasteiger partial charge is 0.389 e. The molecule has 1 aromatic carbocycles. The molecule has 100 valence electrons. The number of nitrogens with zero attached hydrogens (tertiary/aromatic N) is 4. The summed E-state index contributed by atoms with van der Waals surface area (Å²) < 4.78 is 15.0. The van der Waals surface area contributed by atoms with Gasteiger partial charge in [0.05, 0.1) is 12.1 Å². The van der Waals surface area contributed by atoms with E-state index in [0.29, 0.717) is 16.8 Å². The number of benzene rings is 1. The highest BCUT2D eigenvalue weighted by molar-refractivity contribution is 7.99. The van der Waals surface area contributed by atoms with Crippen LogP contribution in [0.2, 0.25) is 0 Å². The van der Waals surface area contributed by atoms with Gasteiger partial charge in [0.2, 0.25) is 5.16 Å². The summed E-state index contributed by atoms with van der Waals surface area (Å²) in [6, 6.07) is 4.75. The second-order valence-electron chi connectivity index (χ2n) is 4.60. The van der Waals surface area contributed by atoms with Crippen molar-refractivity contribution in [1.82, 2.24) is 20.2 Å². The second-order valence-corrected chi connectivity index (χ2v) is 5.61. The van der Waals surface area contributed by atoms with E-state index in [1.54, 1.807) is 17.7 Å². The van der Waals surface area contributed by atoms with Gasteiger partial charge in [-0.2, -0.15) is 0 Å². The highest BCUT2D eigenvalue weighted by Crippen LogP contribution is 2.39. The zero-order valence-corrected chi connectivity index (χ0v) is 11.1. The van der Waals surface area contributed by atoms with Crippen molar-refractivity contribution >= 4 is 11.8 Å². The lowest BCUT2D eigenvalue weighted by Crippen LogP contribution is -2.00. The summed E-state index contributed by atoms with van der Waals surface area (Å²) in [6.07, 6.45) is 1.44. The van der Waals surface area contributed by atoms with Gasteiger partial charge in [0.25, 0.3) is 0 Å². The topological polar surface area (TPSA) is 63.8 Å². The average molecular weight is 280 g/mol. The SMILES string of the molecule is C[C@@H](O)c1cc(F)ccc1Sc1nnnn1C1CC1. The molecule has 7 heteroatoms. The summed E-state index contributed by atoms with van der Waals surface area (Å²) in [4.78, 5) is 0.771. The number of tetrazole rings is 1. The smallest absolute Gasteiger partial charge is 0.214 e. The molecule has 1 saturated carbocycles. The van der Waals surface area contributed by atoms with Gasteiger partial charge in [-0.05, 0) is 65.7 Å². The first kappa shape index (κ1) is 12.6. The lowest BCUT2D eigenvalue weighted by molar-refractivity contribution is 0.196. The van der Waals surface area contributed by atoms with Crippen molar-refractivity contribution < 1.29 is 9.50 Å². The second kappa shape index (κ2) is 4.90. The molecule has 1 N–H and O–H groups in total. The van der Waals surface area contributed by atoms with E-state index in [1.807, 2.05) is 0 Å². The van der Waals surface area contributed by atoms with Crippen molar-refractivity contribution in [2.75, 3.05) is 0 Å². The molecule has 0 spiro atoms. The number of aromatic nitrogens is 4. The molecule has 0 aliphatic heterocycles. The molecule has 5 nitrogen and oxygen atoms in total. The first-order chi connectivity index (χ1) is 9.15. The Kier molecular flexibility index (Phi) is 3.24. The third kappa shape index (κ3) is 2.62. The van der Waals surface area contributed by atoms with E-state index in [0.717, 1.165) is 17.7 Å². The Hall–Kier alpha value is -1.47. The van der Waals surface area contributed by atoms with Crippen LogP contribution in [0.3, 0.4) is 0 Å². The number of aliphatic hydroxyl groups is 1. The van der Waals surface area contributed by atoms with Crippen LogP contribution in [0.4, 0.5) is 4.39 Å². The summed E-state index contributed by atoms with van der Waals surface area (Å²) in [5.74, 6) is -0.359. The minimum absolute atomic E-state index is 0.359. The normalized spacial score (nSPS) is 16.6. The van der Waals surface area contributed by atoms with Crippen molar-refractivity contribution in [1.29, 1.82) is 0 Å². The van der Waals surface area contributed by atoms with Gasteiger partial charge in [-0.1, -0.05) is 0 Å². The molecule has 0 radical (unpaired) electrons. The minimum atomic E-state index is -0.733. The third-order valence-electron chi connectivity index (χ3n) is 2.98. The Morgan fingerprint density at radius 2 is 2.26 bits per heavy atom. The monoisotopic (exact) mass is 280 g/mol. The Labute approximate surface area is 113 Å². The van der Waals surface area contributed by atoms with E-state index < -0.39 is 6.10 Å². The molecule has 19 heavy (non-hydrogen) atoms. The number of hydrogen-bond donors (Lipinski definition) is 1.